The number of imidazole rings is 1. The minimum absolute atomic E-state index is 0.0416. The second-order valence-electron chi connectivity index (χ2n) is 7.94. The third kappa shape index (κ3) is 2.39. The van der Waals surface area contributed by atoms with E-state index in [0.29, 0.717) is 5.82 Å². The molecule has 2 aromatic heterocycles. The van der Waals surface area contributed by atoms with Crippen molar-refractivity contribution < 1.29 is 4.92 Å². The van der Waals surface area contributed by atoms with E-state index in [1.165, 1.54) is 31.9 Å². The van der Waals surface area contributed by atoms with Crippen LogP contribution in [-0.2, 0) is 0 Å². The summed E-state index contributed by atoms with van der Waals surface area (Å²) in [5.41, 5.74) is -0.115. The van der Waals surface area contributed by atoms with Crippen molar-refractivity contribution in [1.29, 1.82) is 0 Å². The molecule has 0 aliphatic heterocycles. The predicted molar refractivity (Wildman–Crippen MR) is 90.3 cm³/mol. The summed E-state index contributed by atoms with van der Waals surface area (Å²) in [5, 5.41) is 15.3. The molecule has 2 heterocycles. The summed E-state index contributed by atoms with van der Waals surface area (Å²) in [6, 6.07) is 0. The molecular weight excluding hydrogens is 320 g/mol. The molecule has 0 amide bonds. The van der Waals surface area contributed by atoms with Crippen LogP contribution in [0, 0.1) is 27.9 Å². The number of nitrogens with one attached hydrogen (secondary N) is 1. The Balaban J connectivity index is 1.54. The van der Waals surface area contributed by atoms with E-state index < -0.39 is 4.92 Å². The number of aromatic nitrogens is 4. The molecule has 4 aliphatic carbocycles. The fourth-order valence-corrected chi connectivity index (χ4v) is 5.72. The molecule has 0 spiro atoms. The standard InChI is InChI=1S/C17H20N6O2/c24-23(25)14-15(19-9-20-16(14)22-2-1-18-10-22)21-17-6-11-3-12(7-17)5-13(4-11)8-17/h1-2,9-13H,3-8H2,(H,19,20,21). The van der Waals surface area contributed by atoms with Gasteiger partial charge < -0.3 is 5.32 Å². The van der Waals surface area contributed by atoms with E-state index in [9.17, 15) is 10.1 Å². The average molecular weight is 340 g/mol. The van der Waals surface area contributed by atoms with E-state index in [-0.39, 0.29) is 17.0 Å². The number of nitrogens with zero attached hydrogens (tertiary/aromatic N) is 5. The van der Waals surface area contributed by atoms with Crippen molar-refractivity contribution in [3.63, 3.8) is 0 Å². The molecule has 130 valence electrons. The van der Waals surface area contributed by atoms with Crippen LogP contribution in [-0.4, -0.2) is 30.0 Å². The van der Waals surface area contributed by atoms with Crippen LogP contribution in [0.1, 0.15) is 38.5 Å². The molecule has 0 aromatic carbocycles. The van der Waals surface area contributed by atoms with Crippen LogP contribution in [0.4, 0.5) is 11.5 Å². The Hall–Kier alpha value is -2.51. The molecule has 0 radical (unpaired) electrons. The number of nitro groups is 1. The molecule has 4 bridgehead atoms. The van der Waals surface area contributed by atoms with Gasteiger partial charge in [0, 0.05) is 17.9 Å². The van der Waals surface area contributed by atoms with Crippen molar-refractivity contribution in [2.24, 2.45) is 17.8 Å². The molecule has 0 unspecified atom stereocenters. The van der Waals surface area contributed by atoms with Crippen molar-refractivity contribution in [3.8, 4) is 5.82 Å². The van der Waals surface area contributed by atoms with Crippen molar-refractivity contribution in [3.05, 3.63) is 35.2 Å². The summed E-state index contributed by atoms with van der Waals surface area (Å²) in [7, 11) is 0. The molecule has 0 saturated heterocycles. The number of hydrogen-bond donors (Lipinski definition) is 1. The van der Waals surface area contributed by atoms with Crippen LogP contribution in [0.3, 0.4) is 0 Å². The first-order valence-corrected chi connectivity index (χ1v) is 8.88. The zero-order valence-corrected chi connectivity index (χ0v) is 13.8. The highest BCUT2D eigenvalue weighted by molar-refractivity contribution is 5.65. The summed E-state index contributed by atoms with van der Waals surface area (Å²) in [6.07, 6.45) is 13.4. The van der Waals surface area contributed by atoms with Crippen molar-refractivity contribution >= 4 is 11.5 Å². The Kier molecular flexibility index (Phi) is 3.10. The fourth-order valence-electron chi connectivity index (χ4n) is 5.72. The average Bonchev–Trinajstić information content (AvgIpc) is 3.06. The first kappa shape index (κ1) is 14.8. The lowest BCUT2D eigenvalue weighted by molar-refractivity contribution is -0.384. The van der Waals surface area contributed by atoms with Gasteiger partial charge in [-0.2, -0.15) is 0 Å². The van der Waals surface area contributed by atoms with Gasteiger partial charge in [-0.15, -0.1) is 0 Å². The zero-order chi connectivity index (χ0) is 17.0. The first-order chi connectivity index (χ1) is 12.1. The van der Waals surface area contributed by atoms with Gasteiger partial charge in [0.15, 0.2) is 0 Å². The maximum atomic E-state index is 11.8. The molecule has 8 heteroatoms. The molecular formula is C17H20N6O2. The van der Waals surface area contributed by atoms with Crippen LogP contribution in [0.15, 0.2) is 25.0 Å². The van der Waals surface area contributed by atoms with Crippen LogP contribution < -0.4 is 5.32 Å². The Morgan fingerprint density at radius 2 is 1.84 bits per heavy atom. The van der Waals surface area contributed by atoms with Gasteiger partial charge in [-0.05, 0) is 56.3 Å². The lowest BCUT2D eigenvalue weighted by Crippen LogP contribution is -2.55. The molecule has 1 N–H and O–H groups in total. The third-order valence-electron chi connectivity index (χ3n) is 6.16. The van der Waals surface area contributed by atoms with Gasteiger partial charge in [0.2, 0.25) is 11.6 Å². The van der Waals surface area contributed by atoms with Gasteiger partial charge in [0.25, 0.3) is 0 Å². The number of hydrogen-bond acceptors (Lipinski definition) is 6. The van der Waals surface area contributed by atoms with Gasteiger partial charge >= 0.3 is 5.69 Å². The van der Waals surface area contributed by atoms with Gasteiger partial charge in [0.05, 0.1) is 4.92 Å². The molecule has 0 atom stereocenters. The third-order valence-corrected chi connectivity index (χ3v) is 6.16. The number of rotatable bonds is 4. The highest BCUT2D eigenvalue weighted by Gasteiger charge is 2.51. The SMILES string of the molecule is O=[N+]([O-])c1c(NC23CC4CC(CC(C4)C2)C3)ncnc1-n1ccnc1. The van der Waals surface area contributed by atoms with E-state index in [1.807, 2.05) is 0 Å². The molecule has 4 aliphatic rings. The van der Waals surface area contributed by atoms with Gasteiger partial charge in [-0.3, -0.25) is 14.7 Å². The van der Waals surface area contributed by atoms with Gasteiger partial charge in [0.1, 0.15) is 12.7 Å². The normalized spacial score (nSPS) is 32.7. The Morgan fingerprint density at radius 3 is 2.40 bits per heavy atom. The topological polar surface area (TPSA) is 98.8 Å². The minimum atomic E-state index is -0.391. The van der Waals surface area contributed by atoms with Crippen molar-refractivity contribution in [1.82, 2.24) is 19.5 Å². The van der Waals surface area contributed by atoms with E-state index in [4.69, 9.17) is 0 Å². The lowest BCUT2D eigenvalue weighted by atomic mass is 9.53. The molecule has 6 rings (SSSR count). The fraction of sp³-hybridized carbons (Fsp3) is 0.588. The highest BCUT2D eigenvalue weighted by atomic mass is 16.6. The quantitative estimate of drug-likeness (QED) is 0.678. The van der Waals surface area contributed by atoms with E-state index in [1.54, 1.807) is 17.0 Å². The molecule has 4 fully saturated rings. The zero-order valence-electron chi connectivity index (χ0n) is 13.8. The second-order valence-corrected chi connectivity index (χ2v) is 7.94. The predicted octanol–water partition coefficient (Wildman–Crippen LogP) is 2.95. The van der Waals surface area contributed by atoms with Gasteiger partial charge in [-0.1, -0.05) is 0 Å². The summed E-state index contributed by atoms with van der Waals surface area (Å²) in [4.78, 5) is 23.7. The van der Waals surface area contributed by atoms with Gasteiger partial charge in [-0.25, -0.2) is 15.0 Å². The summed E-state index contributed by atoms with van der Waals surface area (Å²) in [5.74, 6) is 2.86. The summed E-state index contributed by atoms with van der Waals surface area (Å²) in [6.45, 7) is 0. The van der Waals surface area contributed by atoms with E-state index >= 15 is 0 Å². The Bertz CT molecular complexity index is 783. The largest absolute Gasteiger partial charge is 0.359 e. The monoisotopic (exact) mass is 340 g/mol. The lowest BCUT2D eigenvalue weighted by Gasteiger charge is -2.57. The van der Waals surface area contributed by atoms with Crippen molar-refractivity contribution in [2.75, 3.05) is 5.32 Å². The molecule has 25 heavy (non-hydrogen) atoms. The molecule has 8 nitrogen and oxygen atoms in total. The Morgan fingerprint density at radius 1 is 1.16 bits per heavy atom. The Labute approximate surface area is 144 Å². The van der Waals surface area contributed by atoms with Crippen LogP contribution in [0.25, 0.3) is 5.82 Å². The maximum Gasteiger partial charge on any atom is 0.354 e. The van der Waals surface area contributed by atoms with E-state index in [2.05, 4.69) is 20.3 Å². The second kappa shape index (κ2) is 5.24. The van der Waals surface area contributed by atoms with Crippen LogP contribution >= 0.6 is 0 Å². The summed E-state index contributed by atoms with van der Waals surface area (Å²) < 4.78 is 1.56. The summed E-state index contributed by atoms with van der Waals surface area (Å²) >= 11 is 0. The molecule has 4 saturated carbocycles. The molecule has 2 aromatic rings. The highest BCUT2D eigenvalue weighted by Crippen LogP contribution is 2.56. The maximum absolute atomic E-state index is 11.8. The van der Waals surface area contributed by atoms with E-state index in [0.717, 1.165) is 37.0 Å². The smallest absolute Gasteiger partial charge is 0.354 e. The van der Waals surface area contributed by atoms with Crippen LogP contribution in [0.5, 0.6) is 0 Å². The van der Waals surface area contributed by atoms with Crippen LogP contribution in [0.2, 0.25) is 0 Å². The van der Waals surface area contributed by atoms with Crippen molar-refractivity contribution in [2.45, 2.75) is 44.1 Å². The minimum Gasteiger partial charge on any atom is -0.359 e. The number of anilines is 1. The first-order valence-electron chi connectivity index (χ1n) is 8.88.